The van der Waals surface area contributed by atoms with Crippen molar-refractivity contribution in [2.24, 2.45) is 0 Å². The zero-order valence-corrected chi connectivity index (χ0v) is 10.4. The van der Waals surface area contributed by atoms with E-state index in [0.29, 0.717) is 35.3 Å². The summed E-state index contributed by atoms with van der Waals surface area (Å²) in [6.07, 6.45) is 0.469. The van der Waals surface area contributed by atoms with Crippen molar-refractivity contribution in [2.45, 2.75) is 13.0 Å². The van der Waals surface area contributed by atoms with Crippen molar-refractivity contribution in [2.75, 3.05) is 13.7 Å². The first-order valence-electron chi connectivity index (χ1n) is 4.78. The van der Waals surface area contributed by atoms with Crippen molar-refractivity contribution < 1.29 is 4.74 Å². The highest BCUT2D eigenvalue weighted by Crippen LogP contribution is 2.31. The molecule has 0 fully saturated rings. The van der Waals surface area contributed by atoms with Gasteiger partial charge in [0.2, 0.25) is 0 Å². The molecule has 0 saturated heterocycles. The predicted molar refractivity (Wildman–Crippen MR) is 65.0 cm³/mol. The van der Waals surface area contributed by atoms with Crippen LogP contribution in [0.25, 0.3) is 0 Å². The molecule has 0 saturated carbocycles. The molecule has 1 aromatic carbocycles. The van der Waals surface area contributed by atoms with Crippen molar-refractivity contribution in [3.63, 3.8) is 0 Å². The fourth-order valence-corrected chi connectivity index (χ4v) is 1.95. The maximum Gasteiger partial charge on any atom is 0.142 e. The van der Waals surface area contributed by atoms with Crippen LogP contribution in [0.1, 0.15) is 12.0 Å². The number of benzene rings is 1. The minimum absolute atomic E-state index is 0.469. The summed E-state index contributed by atoms with van der Waals surface area (Å²) in [4.78, 5) is 0. The lowest BCUT2D eigenvalue weighted by Gasteiger charge is -2.11. The number of nitriles is 1. The highest BCUT2D eigenvalue weighted by molar-refractivity contribution is 6.35. The summed E-state index contributed by atoms with van der Waals surface area (Å²) in [6, 6.07) is 5.50. The molecule has 0 radical (unpaired) electrons. The summed E-state index contributed by atoms with van der Waals surface area (Å²) in [5.41, 5.74) is 0.887. The monoisotopic (exact) mass is 258 g/mol. The SMILES string of the molecule is COc1c(Cl)cc(Cl)cc1CNCCC#N. The summed E-state index contributed by atoms with van der Waals surface area (Å²) >= 11 is 11.9. The van der Waals surface area contributed by atoms with Gasteiger partial charge in [0.25, 0.3) is 0 Å². The standard InChI is InChI=1S/C11H12Cl2N2O/c1-16-11-8(7-15-4-2-3-14)5-9(12)6-10(11)13/h5-6,15H,2,4,7H2,1H3. The van der Waals surface area contributed by atoms with Crippen LogP contribution in [0.15, 0.2) is 12.1 Å². The van der Waals surface area contributed by atoms with Gasteiger partial charge in [-0.25, -0.2) is 0 Å². The Morgan fingerprint density at radius 1 is 1.44 bits per heavy atom. The number of hydrogen-bond acceptors (Lipinski definition) is 3. The van der Waals surface area contributed by atoms with Crippen molar-refractivity contribution >= 4 is 23.2 Å². The zero-order chi connectivity index (χ0) is 12.0. The van der Waals surface area contributed by atoms with E-state index < -0.39 is 0 Å². The lowest BCUT2D eigenvalue weighted by Crippen LogP contribution is -2.14. The molecule has 16 heavy (non-hydrogen) atoms. The zero-order valence-electron chi connectivity index (χ0n) is 8.89. The highest BCUT2D eigenvalue weighted by Gasteiger charge is 2.09. The number of nitrogens with one attached hydrogen (secondary N) is 1. The van der Waals surface area contributed by atoms with E-state index >= 15 is 0 Å². The van der Waals surface area contributed by atoms with Gasteiger partial charge in [-0.05, 0) is 12.1 Å². The van der Waals surface area contributed by atoms with Gasteiger partial charge in [0.15, 0.2) is 0 Å². The van der Waals surface area contributed by atoms with E-state index in [2.05, 4.69) is 11.4 Å². The summed E-state index contributed by atoms with van der Waals surface area (Å²) in [5, 5.41) is 12.6. The predicted octanol–water partition coefficient (Wildman–Crippen LogP) is 3.01. The Balaban J connectivity index is 2.74. The largest absolute Gasteiger partial charge is 0.495 e. The molecular weight excluding hydrogens is 247 g/mol. The van der Waals surface area contributed by atoms with Gasteiger partial charge < -0.3 is 10.1 Å². The lowest BCUT2D eigenvalue weighted by atomic mass is 10.2. The Morgan fingerprint density at radius 2 is 2.19 bits per heavy atom. The van der Waals surface area contributed by atoms with E-state index in [0.717, 1.165) is 5.56 Å². The van der Waals surface area contributed by atoms with Crippen molar-refractivity contribution in [3.05, 3.63) is 27.7 Å². The topological polar surface area (TPSA) is 45.0 Å². The molecule has 0 unspecified atom stereocenters. The normalized spacial score (nSPS) is 9.88. The summed E-state index contributed by atoms with van der Waals surface area (Å²) in [7, 11) is 1.56. The van der Waals surface area contributed by atoms with Gasteiger partial charge in [0.05, 0.1) is 18.2 Å². The van der Waals surface area contributed by atoms with Crippen LogP contribution in [0.3, 0.4) is 0 Å². The Labute approximate surface area is 105 Å². The second-order valence-corrected chi connectivity index (χ2v) is 4.01. The summed E-state index contributed by atoms with van der Waals surface area (Å²) in [6.45, 7) is 1.20. The molecule has 3 nitrogen and oxygen atoms in total. The first-order chi connectivity index (χ1) is 7.69. The molecule has 1 N–H and O–H groups in total. The van der Waals surface area contributed by atoms with Gasteiger partial charge in [-0.3, -0.25) is 0 Å². The van der Waals surface area contributed by atoms with Crippen LogP contribution < -0.4 is 10.1 Å². The molecular formula is C11H12Cl2N2O. The van der Waals surface area contributed by atoms with Crippen LogP contribution in [0.2, 0.25) is 10.0 Å². The van der Waals surface area contributed by atoms with Gasteiger partial charge >= 0.3 is 0 Å². The van der Waals surface area contributed by atoms with Crippen LogP contribution in [-0.2, 0) is 6.54 Å². The third-order valence-corrected chi connectivity index (χ3v) is 2.52. The third-order valence-electron chi connectivity index (χ3n) is 2.02. The van der Waals surface area contributed by atoms with E-state index in [1.54, 1.807) is 19.2 Å². The second kappa shape index (κ2) is 6.59. The molecule has 0 heterocycles. The quantitative estimate of drug-likeness (QED) is 0.826. The van der Waals surface area contributed by atoms with Gasteiger partial charge in [0, 0.05) is 30.1 Å². The van der Waals surface area contributed by atoms with Crippen LogP contribution in [-0.4, -0.2) is 13.7 Å². The second-order valence-electron chi connectivity index (χ2n) is 3.16. The van der Waals surface area contributed by atoms with Crippen LogP contribution in [0.4, 0.5) is 0 Å². The molecule has 0 aromatic heterocycles. The number of halogens is 2. The molecule has 1 aromatic rings. The first-order valence-corrected chi connectivity index (χ1v) is 5.54. The first kappa shape index (κ1) is 13.1. The molecule has 0 amide bonds. The van der Waals surface area contributed by atoms with Crippen LogP contribution in [0, 0.1) is 11.3 Å². The minimum Gasteiger partial charge on any atom is -0.495 e. The fourth-order valence-electron chi connectivity index (χ4n) is 1.34. The Hall–Kier alpha value is -0.950. The third kappa shape index (κ3) is 3.57. The summed E-state index contributed by atoms with van der Waals surface area (Å²) < 4.78 is 5.19. The van der Waals surface area contributed by atoms with Gasteiger partial charge in [-0.15, -0.1) is 0 Å². The van der Waals surface area contributed by atoms with E-state index in [4.69, 9.17) is 33.2 Å². The lowest BCUT2D eigenvalue weighted by molar-refractivity contribution is 0.408. The molecule has 0 spiro atoms. The molecule has 0 aliphatic rings. The van der Waals surface area contributed by atoms with E-state index in [-0.39, 0.29) is 0 Å². The smallest absolute Gasteiger partial charge is 0.142 e. The van der Waals surface area contributed by atoms with Crippen LogP contribution >= 0.6 is 23.2 Å². The Morgan fingerprint density at radius 3 is 2.81 bits per heavy atom. The minimum atomic E-state index is 0.469. The van der Waals surface area contributed by atoms with E-state index in [1.165, 1.54) is 0 Å². The molecule has 86 valence electrons. The maximum atomic E-state index is 8.40. The number of hydrogen-bond donors (Lipinski definition) is 1. The molecule has 0 atom stereocenters. The number of nitrogens with zero attached hydrogens (tertiary/aromatic N) is 1. The van der Waals surface area contributed by atoms with Gasteiger partial charge in [0.1, 0.15) is 5.75 Å². The molecule has 0 aliphatic carbocycles. The summed E-state index contributed by atoms with van der Waals surface area (Å²) in [5.74, 6) is 0.621. The van der Waals surface area contributed by atoms with E-state index in [9.17, 15) is 0 Å². The Kier molecular flexibility index (Phi) is 5.41. The fraction of sp³-hybridized carbons (Fsp3) is 0.364. The van der Waals surface area contributed by atoms with Gasteiger partial charge in [-0.1, -0.05) is 23.2 Å². The number of rotatable bonds is 5. The van der Waals surface area contributed by atoms with Gasteiger partial charge in [-0.2, -0.15) is 5.26 Å². The average molecular weight is 259 g/mol. The average Bonchev–Trinajstić information content (AvgIpc) is 2.24. The number of ether oxygens (including phenoxy) is 1. The number of methoxy groups -OCH3 is 1. The van der Waals surface area contributed by atoms with Crippen molar-refractivity contribution in [1.82, 2.24) is 5.32 Å². The molecule has 0 aliphatic heterocycles. The molecule has 0 bridgehead atoms. The molecule has 1 rings (SSSR count). The van der Waals surface area contributed by atoms with E-state index in [1.807, 2.05) is 0 Å². The highest BCUT2D eigenvalue weighted by atomic mass is 35.5. The Bertz CT molecular complexity index is 402. The van der Waals surface area contributed by atoms with Crippen LogP contribution in [0.5, 0.6) is 5.75 Å². The van der Waals surface area contributed by atoms with Crippen molar-refractivity contribution in [3.8, 4) is 11.8 Å². The molecule has 5 heteroatoms. The maximum absolute atomic E-state index is 8.40. The van der Waals surface area contributed by atoms with Crippen molar-refractivity contribution in [1.29, 1.82) is 5.26 Å².